The summed E-state index contributed by atoms with van der Waals surface area (Å²) in [6.07, 6.45) is -4.59. The Hall–Kier alpha value is -1.57. The first-order chi connectivity index (χ1) is 7.88. The quantitative estimate of drug-likeness (QED) is 0.829. The molecule has 0 bridgehead atoms. The molecular weight excluding hydrogens is 257 g/mol. The Labute approximate surface area is 98.0 Å². The Morgan fingerprint density at radius 3 is 2.65 bits per heavy atom. The Kier molecular flexibility index (Phi) is 2.82. The zero-order chi connectivity index (χ0) is 12.6. The van der Waals surface area contributed by atoms with E-state index in [1.54, 1.807) is 17.5 Å². The standard InChI is InChI=1S/C9H7F3N2O2S/c10-9(11,12)4-14-7(15)6(13-8(14)16)5-2-1-3-17-5/h1-3,6H,4H2,(H,13,16). The van der Waals surface area contributed by atoms with Crippen LogP contribution >= 0.6 is 11.3 Å². The summed E-state index contributed by atoms with van der Waals surface area (Å²) in [6.45, 7) is -1.56. The molecule has 1 N–H and O–H groups in total. The fraction of sp³-hybridized carbons (Fsp3) is 0.333. The number of urea groups is 1. The van der Waals surface area contributed by atoms with Crippen LogP contribution < -0.4 is 5.32 Å². The van der Waals surface area contributed by atoms with Crippen LogP contribution in [0.5, 0.6) is 0 Å². The van der Waals surface area contributed by atoms with Gasteiger partial charge in [-0.05, 0) is 11.4 Å². The number of thiophene rings is 1. The molecule has 0 radical (unpaired) electrons. The third-order valence-corrected chi connectivity index (χ3v) is 3.13. The lowest BCUT2D eigenvalue weighted by molar-refractivity contribution is -0.153. The smallest absolute Gasteiger partial charge is 0.321 e. The Morgan fingerprint density at radius 2 is 2.12 bits per heavy atom. The van der Waals surface area contributed by atoms with Crippen LogP contribution in [0.15, 0.2) is 17.5 Å². The van der Waals surface area contributed by atoms with Crippen molar-refractivity contribution in [2.75, 3.05) is 6.54 Å². The van der Waals surface area contributed by atoms with E-state index >= 15 is 0 Å². The molecule has 4 nitrogen and oxygen atoms in total. The highest BCUT2D eigenvalue weighted by atomic mass is 32.1. The first kappa shape index (κ1) is 11.9. The highest BCUT2D eigenvalue weighted by Gasteiger charge is 2.44. The van der Waals surface area contributed by atoms with Crippen LogP contribution in [-0.4, -0.2) is 29.6 Å². The third kappa shape index (κ3) is 2.41. The molecule has 0 aromatic carbocycles. The topological polar surface area (TPSA) is 49.4 Å². The second-order valence-electron chi connectivity index (χ2n) is 3.44. The maximum absolute atomic E-state index is 12.2. The highest BCUT2D eigenvalue weighted by Crippen LogP contribution is 2.27. The van der Waals surface area contributed by atoms with Crippen molar-refractivity contribution in [2.45, 2.75) is 12.2 Å². The summed E-state index contributed by atoms with van der Waals surface area (Å²) in [6, 6.07) is 1.24. The molecule has 8 heteroatoms. The van der Waals surface area contributed by atoms with Crippen molar-refractivity contribution in [1.29, 1.82) is 0 Å². The minimum atomic E-state index is -4.59. The molecule has 1 aromatic rings. The molecule has 0 aliphatic carbocycles. The van der Waals surface area contributed by atoms with Gasteiger partial charge in [0.1, 0.15) is 12.6 Å². The predicted octanol–water partition coefficient (Wildman–Crippen LogP) is 1.90. The lowest BCUT2D eigenvalue weighted by atomic mass is 10.2. The van der Waals surface area contributed by atoms with Crippen molar-refractivity contribution in [3.63, 3.8) is 0 Å². The summed E-state index contributed by atoms with van der Waals surface area (Å²) in [5.74, 6) is -0.866. The predicted molar refractivity (Wildman–Crippen MR) is 53.4 cm³/mol. The molecular formula is C9H7F3N2O2S. The summed E-state index contributed by atoms with van der Waals surface area (Å²) < 4.78 is 36.5. The minimum absolute atomic E-state index is 0.185. The number of nitrogens with zero attached hydrogens (tertiary/aromatic N) is 1. The van der Waals surface area contributed by atoms with Crippen LogP contribution in [0, 0.1) is 0 Å². The van der Waals surface area contributed by atoms with E-state index < -0.39 is 30.7 Å². The molecule has 17 heavy (non-hydrogen) atoms. The summed E-state index contributed by atoms with van der Waals surface area (Å²) >= 11 is 1.20. The van der Waals surface area contributed by atoms with Gasteiger partial charge in [-0.15, -0.1) is 11.3 Å². The molecule has 92 valence electrons. The monoisotopic (exact) mass is 264 g/mol. The van der Waals surface area contributed by atoms with Crippen molar-refractivity contribution in [3.05, 3.63) is 22.4 Å². The van der Waals surface area contributed by atoms with Gasteiger partial charge in [-0.3, -0.25) is 9.69 Å². The number of carbonyl (C=O) groups excluding carboxylic acids is 2. The first-order valence-corrected chi connectivity index (χ1v) is 5.48. The van der Waals surface area contributed by atoms with Gasteiger partial charge in [0, 0.05) is 4.88 Å². The van der Waals surface area contributed by atoms with E-state index in [0.717, 1.165) is 0 Å². The van der Waals surface area contributed by atoms with Gasteiger partial charge >= 0.3 is 12.2 Å². The number of rotatable bonds is 2. The van der Waals surface area contributed by atoms with E-state index in [-0.39, 0.29) is 4.90 Å². The van der Waals surface area contributed by atoms with Crippen molar-refractivity contribution in [3.8, 4) is 0 Å². The van der Waals surface area contributed by atoms with Crippen molar-refractivity contribution in [1.82, 2.24) is 10.2 Å². The van der Waals surface area contributed by atoms with Gasteiger partial charge in [0.2, 0.25) is 0 Å². The van der Waals surface area contributed by atoms with E-state index in [2.05, 4.69) is 5.32 Å². The second kappa shape index (κ2) is 4.02. The number of carbonyl (C=O) groups is 2. The summed E-state index contributed by atoms with van der Waals surface area (Å²) in [5, 5.41) is 3.91. The van der Waals surface area contributed by atoms with Gasteiger partial charge in [0.15, 0.2) is 0 Å². The van der Waals surface area contributed by atoms with E-state index in [4.69, 9.17) is 0 Å². The number of halogens is 3. The maximum Gasteiger partial charge on any atom is 0.406 e. The second-order valence-corrected chi connectivity index (χ2v) is 4.42. The average Bonchev–Trinajstić information content (AvgIpc) is 2.79. The maximum atomic E-state index is 12.2. The number of nitrogens with one attached hydrogen (secondary N) is 1. The van der Waals surface area contributed by atoms with Crippen molar-refractivity contribution >= 4 is 23.3 Å². The molecule has 1 atom stereocenters. The zero-order valence-electron chi connectivity index (χ0n) is 8.32. The zero-order valence-corrected chi connectivity index (χ0v) is 9.14. The number of amides is 3. The lowest BCUT2D eigenvalue weighted by Crippen LogP contribution is -2.39. The van der Waals surface area contributed by atoms with Crippen LogP contribution in [-0.2, 0) is 4.79 Å². The normalized spacial score (nSPS) is 20.9. The van der Waals surface area contributed by atoms with Crippen LogP contribution in [0.4, 0.5) is 18.0 Å². The number of alkyl halides is 3. The van der Waals surface area contributed by atoms with E-state index in [0.29, 0.717) is 4.88 Å². The number of hydrogen-bond acceptors (Lipinski definition) is 3. The number of hydrogen-bond donors (Lipinski definition) is 1. The highest BCUT2D eigenvalue weighted by molar-refractivity contribution is 7.10. The van der Waals surface area contributed by atoms with Gasteiger partial charge in [0.25, 0.3) is 5.91 Å². The average molecular weight is 264 g/mol. The van der Waals surface area contributed by atoms with Crippen molar-refractivity contribution in [2.24, 2.45) is 0 Å². The molecule has 1 aliphatic rings. The van der Waals surface area contributed by atoms with Gasteiger partial charge in [-0.25, -0.2) is 4.79 Å². The molecule has 2 heterocycles. The Morgan fingerprint density at radius 1 is 1.41 bits per heavy atom. The Bertz CT molecular complexity index is 444. The van der Waals surface area contributed by atoms with Crippen LogP contribution in [0.2, 0.25) is 0 Å². The van der Waals surface area contributed by atoms with Gasteiger partial charge in [0.05, 0.1) is 0 Å². The van der Waals surface area contributed by atoms with Crippen LogP contribution in [0.3, 0.4) is 0 Å². The van der Waals surface area contributed by atoms with E-state index in [1.165, 1.54) is 11.3 Å². The SMILES string of the molecule is O=C1NC(c2cccs2)C(=O)N1CC(F)(F)F. The Balaban J connectivity index is 2.17. The first-order valence-electron chi connectivity index (χ1n) is 4.60. The molecule has 0 spiro atoms. The van der Waals surface area contributed by atoms with E-state index in [1.807, 2.05) is 0 Å². The van der Waals surface area contributed by atoms with Crippen molar-refractivity contribution < 1.29 is 22.8 Å². The van der Waals surface area contributed by atoms with Crippen LogP contribution in [0.25, 0.3) is 0 Å². The molecule has 1 saturated heterocycles. The fourth-order valence-corrected chi connectivity index (χ4v) is 2.26. The fourth-order valence-electron chi connectivity index (χ4n) is 1.50. The molecule has 1 fully saturated rings. The summed E-state index contributed by atoms with van der Waals surface area (Å²) in [5.41, 5.74) is 0. The molecule has 1 aliphatic heterocycles. The summed E-state index contributed by atoms with van der Waals surface area (Å²) in [4.78, 5) is 23.6. The van der Waals surface area contributed by atoms with Crippen LogP contribution in [0.1, 0.15) is 10.9 Å². The molecule has 2 rings (SSSR count). The number of imide groups is 1. The molecule has 1 unspecified atom stereocenters. The molecule has 1 aromatic heterocycles. The minimum Gasteiger partial charge on any atom is -0.321 e. The van der Waals surface area contributed by atoms with Gasteiger partial charge in [-0.2, -0.15) is 13.2 Å². The lowest BCUT2D eigenvalue weighted by Gasteiger charge is -2.14. The van der Waals surface area contributed by atoms with Gasteiger partial charge < -0.3 is 5.32 Å². The summed E-state index contributed by atoms with van der Waals surface area (Å²) in [7, 11) is 0. The van der Waals surface area contributed by atoms with E-state index in [9.17, 15) is 22.8 Å². The largest absolute Gasteiger partial charge is 0.406 e. The van der Waals surface area contributed by atoms with Gasteiger partial charge in [-0.1, -0.05) is 6.07 Å². The molecule has 0 saturated carbocycles. The third-order valence-electron chi connectivity index (χ3n) is 2.19. The molecule has 3 amide bonds.